The number of hydrogen-bond acceptors (Lipinski definition) is 0. The van der Waals surface area contributed by atoms with Crippen LogP contribution in [0.3, 0.4) is 0 Å². The second kappa shape index (κ2) is 6.62. The summed E-state index contributed by atoms with van der Waals surface area (Å²) in [4.78, 5) is 0. The van der Waals surface area contributed by atoms with Gasteiger partial charge in [0.25, 0.3) is 0 Å². The van der Waals surface area contributed by atoms with E-state index in [-0.39, 0.29) is 49.3 Å². The Morgan fingerprint density at radius 1 is 1.33 bits per heavy atom. The molecule has 1 radical (unpaired) electrons. The summed E-state index contributed by atoms with van der Waals surface area (Å²) >= 11 is 0. The predicted molar refractivity (Wildman–Crippen MR) is 25.2 cm³/mol. The Morgan fingerprint density at radius 3 is 2.22 bits per heavy atom. The maximum Gasteiger partial charge on any atom is 0.131 e. The van der Waals surface area contributed by atoms with Gasteiger partial charge in [-0.3, -0.25) is 0 Å². The van der Waals surface area contributed by atoms with E-state index in [1.165, 1.54) is 12.1 Å². The summed E-state index contributed by atoms with van der Waals surface area (Å²) in [6.45, 7) is 0. The van der Waals surface area contributed by atoms with Crippen LogP contribution in [0.2, 0.25) is 0 Å². The van der Waals surface area contributed by atoms with Crippen LogP contribution >= 0.6 is 0 Å². The third kappa shape index (κ3) is 4.97. The van der Waals surface area contributed by atoms with Crippen molar-refractivity contribution in [2.75, 3.05) is 0 Å². The van der Waals surface area contributed by atoms with E-state index in [2.05, 4.69) is 6.07 Å². The summed E-state index contributed by atoms with van der Waals surface area (Å²) in [7, 11) is 0. The Bertz CT molecular complexity index is 143. The second-order valence-corrected chi connectivity index (χ2v) is 1.21. The Hall–Kier alpha value is 0.503. The standard InChI is InChI=1S/C6H4F.HI.Zn/c7-6-4-2-1-3-5-6;;/h1-4H;1H;/p-1. The average molecular weight is 287 g/mol. The first-order valence-electron chi connectivity index (χ1n) is 2.02. The summed E-state index contributed by atoms with van der Waals surface area (Å²) < 4.78 is 11.9. The molecule has 0 saturated carbocycles. The Kier molecular flexibility index (Phi) is 8.98. The first-order valence-corrected chi connectivity index (χ1v) is 2.02. The fourth-order valence-electron chi connectivity index (χ4n) is 0.371. The van der Waals surface area contributed by atoms with E-state index in [4.69, 9.17) is 0 Å². The fourth-order valence-corrected chi connectivity index (χ4v) is 0.371. The summed E-state index contributed by atoms with van der Waals surface area (Å²) in [5.74, 6) is -0.303. The normalized spacial score (nSPS) is 6.78. The third-order valence-corrected chi connectivity index (χ3v) is 0.671. The van der Waals surface area contributed by atoms with Gasteiger partial charge >= 0.3 is 0 Å². The maximum atomic E-state index is 11.9. The number of hydrogen-bond donors (Lipinski definition) is 0. The molecule has 0 aliphatic heterocycles. The molecule has 0 saturated heterocycles. The van der Waals surface area contributed by atoms with Gasteiger partial charge in [-0.2, -0.15) is 0 Å². The fraction of sp³-hybridized carbons (Fsp3) is 0. The van der Waals surface area contributed by atoms with Crippen molar-refractivity contribution in [2.24, 2.45) is 0 Å². The maximum absolute atomic E-state index is 11.9. The molecular formula is C6H4FIZn-. The van der Waals surface area contributed by atoms with Gasteiger partial charge in [0.1, 0.15) is 5.82 Å². The molecule has 0 amide bonds. The second-order valence-electron chi connectivity index (χ2n) is 1.21. The van der Waals surface area contributed by atoms with E-state index >= 15 is 0 Å². The minimum absolute atomic E-state index is 0. The number of benzene rings is 1. The molecule has 9 heavy (non-hydrogen) atoms. The van der Waals surface area contributed by atoms with Gasteiger partial charge in [-0.25, -0.2) is 4.39 Å². The predicted octanol–water partition coefficient (Wildman–Crippen LogP) is -1.37. The monoisotopic (exact) mass is 286 g/mol. The topological polar surface area (TPSA) is 0 Å². The number of rotatable bonds is 0. The van der Waals surface area contributed by atoms with Crippen LogP contribution in [0.15, 0.2) is 24.3 Å². The van der Waals surface area contributed by atoms with Gasteiger partial charge in [0, 0.05) is 25.5 Å². The minimum Gasteiger partial charge on any atom is -1.00 e. The van der Waals surface area contributed by atoms with Gasteiger partial charge < -0.3 is 24.0 Å². The largest absolute Gasteiger partial charge is 1.00 e. The molecule has 1 rings (SSSR count). The molecule has 1 aromatic carbocycles. The van der Waals surface area contributed by atoms with E-state index < -0.39 is 0 Å². The van der Waals surface area contributed by atoms with E-state index in [1.54, 1.807) is 12.1 Å². The SMILES string of the molecule is Fc1[c]cccc1.[I-].[Zn]. The zero-order valence-corrected chi connectivity index (χ0v) is 9.90. The molecule has 0 fully saturated rings. The van der Waals surface area contributed by atoms with Gasteiger partial charge in [-0.05, 0) is 6.07 Å². The van der Waals surface area contributed by atoms with Crippen molar-refractivity contribution in [3.63, 3.8) is 0 Å². The first kappa shape index (κ1) is 12.2. The van der Waals surface area contributed by atoms with E-state index in [9.17, 15) is 4.39 Å². The van der Waals surface area contributed by atoms with Crippen molar-refractivity contribution in [2.45, 2.75) is 0 Å². The summed E-state index contributed by atoms with van der Waals surface area (Å²) in [5.41, 5.74) is 0. The van der Waals surface area contributed by atoms with Crippen LogP contribution in [-0.2, 0) is 19.5 Å². The third-order valence-electron chi connectivity index (χ3n) is 0.671. The molecule has 0 unspecified atom stereocenters. The number of halogens is 2. The summed E-state index contributed by atoms with van der Waals surface area (Å²) in [5, 5.41) is 0. The van der Waals surface area contributed by atoms with Gasteiger partial charge in [0.05, 0.1) is 0 Å². The molecule has 3 heteroatoms. The summed E-state index contributed by atoms with van der Waals surface area (Å²) in [6, 6.07) is 8.62. The first-order chi connectivity index (χ1) is 3.39. The molecular weight excluding hydrogens is 283 g/mol. The van der Waals surface area contributed by atoms with Crippen molar-refractivity contribution in [3.8, 4) is 0 Å². The Morgan fingerprint density at radius 2 is 2.00 bits per heavy atom. The van der Waals surface area contributed by atoms with Gasteiger partial charge in [0.15, 0.2) is 0 Å². The smallest absolute Gasteiger partial charge is 0.131 e. The molecule has 45 valence electrons. The molecule has 0 aliphatic carbocycles. The van der Waals surface area contributed by atoms with Gasteiger partial charge in [-0.1, -0.05) is 18.2 Å². The van der Waals surface area contributed by atoms with Gasteiger partial charge in [-0.15, -0.1) is 0 Å². The van der Waals surface area contributed by atoms with E-state index in [1.807, 2.05) is 0 Å². The van der Waals surface area contributed by atoms with Crippen molar-refractivity contribution < 1.29 is 47.8 Å². The van der Waals surface area contributed by atoms with Crippen LogP contribution in [0.5, 0.6) is 0 Å². The molecule has 0 N–H and O–H groups in total. The summed E-state index contributed by atoms with van der Waals surface area (Å²) in [6.07, 6.45) is 0. The van der Waals surface area contributed by atoms with Crippen molar-refractivity contribution in [1.82, 2.24) is 0 Å². The van der Waals surface area contributed by atoms with Crippen LogP contribution in [-0.4, -0.2) is 0 Å². The zero-order valence-electron chi connectivity index (χ0n) is 4.77. The van der Waals surface area contributed by atoms with Crippen LogP contribution in [0, 0.1) is 11.9 Å². The van der Waals surface area contributed by atoms with Crippen LogP contribution < -0.4 is 24.0 Å². The molecule has 1 aromatic rings. The molecule has 0 aliphatic rings. The molecule has 0 nitrogen and oxygen atoms in total. The van der Waals surface area contributed by atoms with Crippen LogP contribution in [0.1, 0.15) is 0 Å². The van der Waals surface area contributed by atoms with E-state index in [0.29, 0.717) is 0 Å². The van der Waals surface area contributed by atoms with Crippen LogP contribution in [0.25, 0.3) is 0 Å². The minimum atomic E-state index is -0.303. The van der Waals surface area contributed by atoms with Crippen LogP contribution in [0.4, 0.5) is 4.39 Å². The quantitative estimate of drug-likeness (QED) is 0.408. The Balaban J connectivity index is 0. The average Bonchev–Trinajstić information content (AvgIpc) is 1.69. The van der Waals surface area contributed by atoms with E-state index in [0.717, 1.165) is 0 Å². The molecule has 0 spiro atoms. The van der Waals surface area contributed by atoms with Crippen molar-refractivity contribution >= 4 is 0 Å². The van der Waals surface area contributed by atoms with Crippen molar-refractivity contribution in [3.05, 3.63) is 36.1 Å². The molecule has 0 atom stereocenters. The Labute approximate surface area is 83.6 Å². The van der Waals surface area contributed by atoms with Gasteiger partial charge in [0.2, 0.25) is 0 Å². The molecule has 0 bridgehead atoms. The molecule has 0 heterocycles. The van der Waals surface area contributed by atoms with Crippen molar-refractivity contribution in [1.29, 1.82) is 0 Å². The zero-order chi connectivity index (χ0) is 5.11. The molecule has 0 aromatic heterocycles.